The van der Waals surface area contributed by atoms with Crippen molar-refractivity contribution in [1.82, 2.24) is 9.80 Å². The van der Waals surface area contributed by atoms with E-state index in [1.165, 1.54) is 0 Å². The minimum Gasteiger partial charge on any atom is -0.373 e. The van der Waals surface area contributed by atoms with Gasteiger partial charge in [-0.05, 0) is 18.2 Å². The van der Waals surface area contributed by atoms with Gasteiger partial charge >= 0.3 is 0 Å². The lowest BCUT2D eigenvalue weighted by atomic mass is 10.1. The van der Waals surface area contributed by atoms with Crippen LogP contribution in [0.1, 0.15) is 12.5 Å². The smallest absolute Gasteiger partial charge is 0.257 e. The van der Waals surface area contributed by atoms with Crippen molar-refractivity contribution in [1.29, 1.82) is 0 Å². The van der Waals surface area contributed by atoms with Gasteiger partial charge in [-0.15, -0.1) is 0 Å². The van der Waals surface area contributed by atoms with Crippen LogP contribution in [-0.2, 0) is 9.59 Å². The number of carbonyl (C=O) groups is 2. The third-order valence-corrected chi connectivity index (χ3v) is 4.33. The summed E-state index contributed by atoms with van der Waals surface area (Å²) < 4.78 is 0.949. The second-order valence-corrected chi connectivity index (χ2v) is 6.14. The molecule has 3 rings (SSSR count). The predicted molar refractivity (Wildman–Crippen MR) is 84.6 cm³/mol. The van der Waals surface area contributed by atoms with Gasteiger partial charge in [0.1, 0.15) is 0 Å². The normalized spacial score (nSPS) is 19.7. The van der Waals surface area contributed by atoms with Gasteiger partial charge in [-0.3, -0.25) is 9.59 Å². The van der Waals surface area contributed by atoms with E-state index in [4.69, 9.17) is 0 Å². The van der Waals surface area contributed by atoms with Gasteiger partial charge in [0.2, 0.25) is 5.91 Å². The molecule has 21 heavy (non-hydrogen) atoms. The lowest BCUT2D eigenvalue weighted by molar-refractivity contribution is -0.130. The monoisotopic (exact) mass is 349 g/mol. The molecule has 1 saturated heterocycles. The van der Waals surface area contributed by atoms with Gasteiger partial charge in [-0.25, -0.2) is 0 Å². The fourth-order valence-corrected chi connectivity index (χ4v) is 3.00. The first-order valence-electron chi connectivity index (χ1n) is 6.87. The Morgan fingerprint density at radius 3 is 2.67 bits per heavy atom. The van der Waals surface area contributed by atoms with Crippen molar-refractivity contribution in [3.63, 3.8) is 0 Å². The fraction of sp³-hybridized carbons (Fsp3) is 0.333. The van der Waals surface area contributed by atoms with E-state index in [0.717, 1.165) is 28.8 Å². The number of amides is 2. The number of carbonyl (C=O) groups excluding carboxylic acids is 2. The van der Waals surface area contributed by atoms with E-state index in [2.05, 4.69) is 26.1 Å². The zero-order chi connectivity index (χ0) is 15.0. The van der Waals surface area contributed by atoms with Gasteiger partial charge in [0, 0.05) is 55.0 Å². The van der Waals surface area contributed by atoms with E-state index in [9.17, 15) is 9.59 Å². The topological polar surface area (TPSA) is 52.7 Å². The molecule has 1 aromatic carbocycles. The Kier molecular flexibility index (Phi) is 3.71. The van der Waals surface area contributed by atoms with Gasteiger partial charge in [-0.1, -0.05) is 15.9 Å². The molecule has 1 N–H and O–H groups in total. The first-order valence-corrected chi connectivity index (χ1v) is 7.66. The van der Waals surface area contributed by atoms with Crippen molar-refractivity contribution in [2.24, 2.45) is 0 Å². The Bertz CT molecular complexity index is 634. The molecule has 0 bridgehead atoms. The minimum absolute atomic E-state index is 0.0721. The molecule has 6 heteroatoms. The van der Waals surface area contributed by atoms with E-state index < -0.39 is 0 Å². The van der Waals surface area contributed by atoms with E-state index in [1.54, 1.807) is 6.92 Å². The number of fused-ring (bicyclic) bond motifs is 1. The fourth-order valence-electron chi connectivity index (χ4n) is 2.64. The van der Waals surface area contributed by atoms with Crippen LogP contribution in [0.4, 0.5) is 5.69 Å². The van der Waals surface area contributed by atoms with Crippen molar-refractivity contribution >= 4 is 39.0 Å². The minimum atomic E-state index is -0.0721. The summed E-state index contributed by atoms with van der Waals surface area (Å²) in [6.07, 6.45) is 1.91. The van der Waals surface area contributed by atoms with E-state index in [1.807, 2.05) is 29.3 Å². The Morgan fingerprint density at radius 1 is 1.29 bits per heavy atom. The molecule has 0 saturated carbocycles. The molecule has 1 fully saturated rings. The lowest BCUT2D eigenvalue weighted by Gasteiger charge is -2.33. The molecule has 5 nitrogen and oxygen atoms in total. The van der Waals surface area contributed by atoms with Crippen LogP contribution in [0.2, 0.25) is 0 Å². The highest BCUT2D eigenvalue weighted by Gasteiger charge is 2.26. The number of piperazine rings is 1. The summed E-state index contributed by atoms with van der Waals surface area (Å²) in [7, 11) is 0. The number of benzene rings is 1. The number of anilines is 1. The zero-order valence-electron chi connectivity index (χ0n) is 11.7. The molecule has 110 valence electrons. The number of hydrogen-bond donors (Lipinski definition) is 1. The summed E-state index contributed by atoms with van der Waals surface area (Å²) in [5.41, 5.74) is 2.45. The highest BCUT2D eigenvalue weighted by atomic mass is 79.9. The molecular formula is C15H16BrN3O2. The zero-order valence-corrected chi connectivity index (χ0v) is 13.3. The van der Waals surface area contributed by atoms with Crippen molar-refractivity contribution in [3.05, 3.63) is 34.4 Å². The maximum atomic E-state index is 12.1. The number of halogens is 1. The maximum Gasteiger partial charge on any atom is 0.257 e. The van der Waals surface area contributed by atoms with Gasteiger partial charge in [-0.2, -0.15) is 0 Å². The van der Waals surface area contributed by atoms with Crippen LogP contribution >= 0.6 is 15.9 Å². The first-order chi connectivity index (χ1) is 10.0. The molecule has 0 atom stereocenters. The third kappa shape index (κ3) is 2.81. The standard InChI is InChI=1S/C15H16BrN3O2/c1-10(20)19-6-4-18(5-7-19)9-13-12-8-11(16)2-3-14(12)17-15(13)21/h2-3,8-9H,4-7H2,1H3,(H,17,21)/b13-9+. The molecule has 0 unspecified atom stereocenters. The van der Waals surface area contributed by atoms with E-state index >= 15 is 0 Å². The molecule has 0 aliphatic carbocycles. The van der Waals surface area contributed by atoms with E-state index in [-0.39, 0.29) is 11.8 Å². The van der Waals surface area contributed by atoms with Crippen LogP contribution in [0.3, 0.4) is 0 Å². The second kappa shape index (κ2) is 5.52. The quantitative estimate of drug-likeness (QED) is 0.788. The van der Waals surface area contributed by atoms with Crippen LogP contribution in [0.25, 0.3) is 5.57 Å². The molecule has 2 amide bonds. The molecule has 2 heterocycles. The summed E-state index contributed by atoms with van der Waals surface area (Å²) in [6, 6.07) is 5.75. The highest BCUT2D eigenvalue weighted by Crippen LogP contribution is 2.34. The number of nitrogens with one attached hydrogen (secondary N) is 1. The number of hydrogen-bond acceptors (Lipinski definition) is 3. The summed E-state index contributed by atoms with van der Waals surface area (Å²) in [4.78, 5) is 27.4. The molecule has 0 radical (unpaired) electrons. The van der Waals surface area contributed by atoms with Crippen molar-refractivity contribution in [2.45, 2.75) is 6.92 Å². The van der Waals surface area contributed by atoms with Crippen LogP contribution in [-0.4, -0.2) is 47.8 Å². The average Bonchev–Trinajstić information content (AvgIpc) is 2.76. The lowest BCUT2D eigenvalue weighted by Crippen LogP contribution is -2.46. The van der Waals surface area contributed by atoms with Crippen LogP contribution in [0.5, 0.6) is 0 Å². The van der Waals surface area contributed by atoms with Crippen LogP contribution < -0.4 is 5.32 Å². The van der Waals surface area contributed by atoms with Crippen molar-refractivity contribution < 1.29 is 9.59 Å². The van der Waals surface area contributed by atoms with Gasteiger partial charge in [0.15, 0.2) is 0 Å². The van der Waals surface area contributed by atoms with Gasteiger partial charge < -0.3 is 15.1 Å². The van der Waals surface area contributed by atoms with Crippen LogP contribution in [0.15, 0.2) is 28.9 Å². The largest absolute Gasteiger partial charge is 0.373 e. The van der Waals surface area contributed by atoms with Crippen molar-refractivity contribution in [3.8, 4) is 0 Å². The molecular weight excluding hydrogens is 334 g/mol. The molecule has 0 aromatic heterocycles. The SMILES string of the molecule is CC(=O)N1CCN(/C=C2/C(=O)Nc3ccc(Br)cc32)CC1. The summed E-state index contributed by atoms with van der Waals surface area (Å²) >= 11 is 3.44. The average molecular weight is 350 g/mol. The summed E-state index contributed by atoms with van der Waals surface area (Å²) in [5, 5.41) is 2.87. The molecule has 2 aliphatic rings. The Balaban J connectivity index is 1.80. The molecule has 1 aromatic rings. The van der Waals surface area contributed by atoms with Gasteiger partial charge in [0.05, 0.1) is 5.57 Å². The predicted octanol–water partition coefficient (Wildman–Crippen LogP) is 1.91. The Hall–Kier alpha value is -1.82. The first kappa shape index (κ1) is 14.1. The number of rotatable bonds is 1. The third-order valence-electron chi connectivity index (χ3n) is 3.84. The Labute approximate surface area is 131 Å². The van der Waals surface area contributed by atoms with Gasteiger partial charge in [0.25, 0.3) is 5.91 Å². The Morgan fingerprint density at radius 2 is 2.00 bits per heavy atom. The molecule has 0 spiro atoms. The number of nitrogens with zero attached hydrogens (tertiary/aromatic N) is 2. The maximum absolute atomic E-state index is 12.1. The summed E-state index contributed by atoms with van der Waals surface area (Å²) in [5.74, 6) is 0.0345. The van der Waals surface area contributed by atoms with Crippen molar-refractivity contribution in [2.75, 3.05) is 31.5 Å². The molecule has 2 aliphatic heterocycles. The van der Waals surface area contributed by atoms with E-state index in [0.29, 0.717) is 18.7 Å². The second-order valence-electron chi connectivity index (χ2n) is 5.23. The summed E-state index contributed by atoms with van der Waals surface area (Å²) in [6.45, 7) is 4.49. The van der Waals surface area contributed by atoms with Crippen LogP contribution in [0, 0.1) is 0 Å². The highest BCUT2D eigenvalue weighted by molar-refractivity contribution is 9.10.